The van der Waals surface area contributed by atoms with Gasteiger partial charge in [0.15, 0.2) is 0 Å². The van der Waals surface area contributed by atoms with Crippen molar-refractivity contribution in [2.24, 2.45) is 0 Å². The fourth-order valence-corrected chi connectivity index (χ4v) is 3.98. The third-order valence-electron chi connectivity index (χ3n) is 3.33. The van der Waals surface area contributed by atoms with Gasteiger partial charge in [0.2, 0.25) is 0 Å². The second-order valence-electron chi connectivity index (χ2n) is 4.56. The largest absolute Gasteiger partial charge is 0.279 e. The molecular formula is C10H20N2O2S. The zero-order valence-corrected chi connectivity index (χ0v) is 9.93. The van der Waals surface area contributed by atoms with E-state index in [0.29, 0.717) is 13.1 Å². The van der Waals surface area contributed by atoms with Crippen LogP contribution in [-0.4, -0.2) is 31.9 Å². The minimum atomic E-state index is -3.18. The molecule has 0 aromatic heterocycles. The van der Waals surface area contributed by atoms with Crippen LogP contribution in [0.2, 0.25) is 0 Å². The Labute approximate surface area is 92.2 Å². The highest BCUT2D eigenvalue weighted by molar-refractivity contribution is 7.87. The quantitative estimate of drug-likeness (QED) is 0.796. The van der Waals surface area contributed by atoms with Gasteiger partial charge in [0.05, 0.1) is 0 Å². The molecule has 2 fully saturated rings. The van der Waals surface area contributed by atoms with Crippen LogP contribution in [0.5, 0.6) is 0 Å². The van der Waals surface area contributed by atoms with E-state index in [1.165, 1.54) is 6.42 Å². The van der Waals surface area contributed by atoms with Gasteiger partial charge in [-0.05, 0) is 25.7 Å². The first-order chi connectivity index (χ1) is 7.18. The first-order valence-corrected chi connectivity index (χ1v) is 7.40. The van der Waals surface area contributed by atoms with Crippen LogP contribution in [0, 0.1) is 0 Å². The van der Waals surface area contributed by atoms with Gasteiger partial charge in [-0.1, -0.05) is 19.3 Å². The number of hydrogen-bond donors (Lipinski definition) is 1. The summed E-state index contributed by atoms with van der Waals surface area (Å²) < 4.78 is 28.3. The molecule has 2 aliphatic rings. The Balaban J connectivity index is 1.90. The Kier molecular flexibility index (Phi) is 3.64. The van der Waals surface area contributed by atoms with Crippen molar-refractivity contribution >= 4 is 10.2 Å². The molecule has 0 aromatic rings. The minimum absolute atomic E-state index is 0.185. The van der Waals surface area contributed by atoms with Crippen molar-refractivity contribution in [3.8, 4) is 0 Å². The smallest absolute Gasteiger partial charge is 0.199 e. The van der Waals surface area contributed by atoms with Crippen molar-refractivity contribution in [2.75, 3.05) is 13.1 Å². The lowest BCUT2D eigenvalue weighted by Crippen LogP contribution is -2.44. The van der Waals surface area contributed by atoms with Crippen LogP contribution >= 0.6 is 0 Å². The Morgan fingerprint density at radius 3 is 2.13 bits per heavy atom. The normalized spacial score (nSPS) is 25.9. The lowest BCUT2D eigenvalue weighted by molar-refractivity contribution is 0.392. The highest BCUT2D eigenvalue weighted by Gasteiger charge is 2.28. The molecule has 2 rings (SSSR count). The number of hydrogen-bond acceptors (Lipinski definition) is 2. The SMILES string of the molecule is O=S(=O)(NC1CCCCC1)N1CCCC1. The summed E-state index contributed by atoms with van der Waals surface area (Å²) in [6, 6.07) is 0.185. The molecule has 1 saturated heterocycles. The van der Waals surface area contributed by atoms with Gasteiger partial charge in [-0.2, -0.15) is 17.4 Å². The predicted molar refractivity (Wildman–Crippen MR) is 59.7 cm³/mol. The number of rotatable bonds is 3. The molecule has 88 valence electrons. The molecule has 15 heavy (non-hydrogen) atoms. The fraction of sp³-hybridized carbons (Fsp3) is 1.00. The fourth-order valence-electron chi connectivity index (χ4n) is 2.43. The molecule has 0 radical (unpaired) electrons. The van der Waals surface area contributed by atoms with Gasteiger partial charge in [0, 0.05) is 19.1 Å². The number of nitrogens with one attached hydrogen (secondary N) is 1. The molecule has 1 N–H and O–H groups in total. The molecule has 0 atom stereocenters. The van der Waals surface area contributed by atoms with Gasteiger partial charge in [0.1, 0.15) is 0 Å². The summed E-state index contributed by atoms with van der Waals surface area (Å²) in [5.74, 6) is 0. The Morgan fingerprint density at radius 1 is 0.933 bits per heavy atom. The van der Waals surface area contributed by atoms with Crippen LogP contribution in [-0.2, 0) is 10.2 Å². The average molecular weight is 232 g/mol. The Morgan fingerprint density at radius 2 is 1.53 bits per heavy atom. The van der Waals surface area contributed by atoms with Crippen molar-refractivity contribution in [2.45, 2.75) is 51.0 Å². The summed E-state index contributed by atoms with van der Waals surface area (Å²) in [4.78, 5) is 0. The van der Waals surface area contributed by atoms with Gasteiger partial charge < -0.3 is 0 Å². The zero-order valence-electron chi connectivity index (χ0n) is 9.11. The van der Waals surface area contributed by atoms with Crippen molar-refractivity contribution < 1.29 is 8.42 Å². The summed E-state index contributed by atoms with van der Waals surface area (Å²) in [5, 5.41) is 0. The second-order valence-corrected chi connectivity index (χ2v) is 6.27. The molecule has 0 spiro atoms. The minimum Gasteiger partial charge on any atom is -0.199 e. The van der Waals surface area contributed by atoms with Gasteiger partial charge in [-0.25, -0.2) is 0 Å². The van der Waals surface area contributed by atoms with E-state index < -0.39 is 10.2 Å². The van der Waals surface area contributed by atoms with Gasteiger partial charge in [0.25, 0.3) is 10.2 Å². The molecule has 1 saturated carbocycles. The van der Waals surface area contributed by atoms with E-state index in [1.807, 2.05) is 0 Å². The summed E-state index contributed by atoms with van der Waals surface area (Å²) in [5.41, 5.74) is 0. The van der Waals surface area contributed by atoms with E-state index >= 15 is 0 Å². The summed E-state index contributed by atoms with van der Waals surface area (Å²) in [6.07, 6.45) is 7.60. The third kappa shape index (κ3) is 2.92. The molecule has 5 heteroatoms. The maximum absolute atomic E-state index is 11.9. The van der Waals surface area contributed by atoms with E-state index in [4.69, 9.17) is 0 Å². The molecule has 0 bridgehead atoms. The van der Waals surface area contributed by atoms with Crippen molar-refractivity contribution in [1.82, 2.24) is 9.03 Å². The van der Waals surface area contributed by atoms with Crippen LogP contribution in [0.4, 0.5) is 0 Å². The van der Waals surface area contributed by atoms with Crippen LogP contribution in [0.25, 0.3) is 0 Å². The second kappa shape index (κ2) is 4.80. The molecule has 1 heterocycles. The first kappa shape index (κ1) is 11.4. The molecule has 0 unspecified atom stereocenters. The highest BCUT2D eigenvalue weighted by atomic mass is 32.2. The summed E-state index contributed by atoms with van der Waals surface area (Å²) >= 11 is 0. The molecule has 0 amide bonds. The molecule has 1 aliphatic heterocycles. The highest BCUT2D eigenvalue weighted by Crippen LogP contribution is 2.19. The topological polar surface area (TPSA) is 49.4 Å². The van der Waals surface area contributed by atoms with Crippen LogP contribution < -0.4 is 4.72 Å². The molecule has 4 nitrogen and oxygen atoms in total. The molecule has 1 aliphatic carbocycles. The number of nitrogens with zero attached hydrogens (tertiary/aromatic N) is 1. The molecular weight excluding hydrogens is 212 g/mol. The standard InChI is InChI=1S/C10H20N2O2S/c13-15(14,12-8-4-5-9-12)11-10-6-2-1-3-7-10/h10-11H,1-9H2. The summed E-state index contributed by atoms with van der Waals surface area (Å²) in [7, 11) is -3.18. The van der Waals surface area contributed by atoms with E-state index in [0.717, 1.165) is 38.5 Å². The van der Waals surface area contributed by atoms with E-state index in [1.54, 1.807) is 4.31 Å². The van der Waals surface area contributed by atoms with Crippen LogP contribution in [0.15, 0.2) is 0 Å². The van der Waals surface area contributed by atoms with Gasteiger partial charge in [-0.3, -0.25) is 0 Å². The van der Waals surface area contributed by atoms with Crippen LogP contribution in [0.1, 0.15) is 44.9 Å². The van der Waals surface area contributed by atoms with Gasteiger partial charge in [-0.15, -0.1) is 0 Å². The van der Waals surface area contributed by atoms with E-state index in [-0.39, 0.29) is 6.04 Å². The Hall–Kier alpha value is -0.130. The Bertz CT molecular complexity index is 291. The monoisotopic (exact) mass is 232 g/mol. The van der Waals surface area contributed by atoms with Crippen molar-refractivity contribution in [1.29, 1.82) is 0 Å². The summed E-state index contributed by atoms with van der Waals surface area (Å²) in [6.45, 7) is 1.39. The molecule has 0 aromatic carbocycles. The maximum atomic E-state index is 11.9. The van der Waals surface area contributed by atoms with Crippen molar-refractivity contribution in [3.05, 3.63) is 0 Å². The first-order valence-electron chi connectivity index (χ1n) is 5.96. The maximum Gasteiger partial charge on any atom is 0.279 e. The van der Waals surface area contributed by atoms with Crippen molar-refractivity contribution in [3.63, 3.8) is 0 Å². The zero-order chi connectivity index (χ0) is 10.7. The van der Waals surface area contributed by atoms with E-state index in [9.17, 15) is 8.42 Å². The predicted octanol–water partition coefficient (Wildman–Crippen LogP) is 1.25. The van der Waals surface area contributed by atoms with Gasteiger partial charge >= 0.3 is 0 Å². The third-order valence-corrected chi connectivity index (χ3v) is 5.00. The van der Waals surface area contributed by atoms with Crippen LogP contribution in [0.3, 0.4) is 0 Å². The lowest BCUT2D eigenvalue weighted by atomic mass is 9.96. The lowest BCUT2D eigenvalue weighted by Gasteiger charge is -2.25. The van der Waals surface area contributed by atoms with E-state index in [2.05, 4.69) is 4.72 Å². The average Bonchev–Trinajstić information content (AvgIpc) is 2.71.